The fourth-order valence-electron chi connectivity index (χ4n) is 1.20. The third kappa shape index (κ3) is 2.54. The van der Waals surface area contributed by atoms with Crippen LogP contribution in [0.3, 0.4) is 0 Å². The van der Waals surface area contributed by atoms with Crippen molar-refractivity contribution in [3.63, 3.8) is 0 Å². The second-order valence-electron chi connectivity index (χ2n) is 2.96. The molecule has 13 heavy (non-hydrogen) atoms. The van der Waals surface area contributed by atoms with Gasteiger partial charge in [0.15, 0.2) is 0 Å². The number of amidine groups is 1. The zero-order valence-corrected chi connectivity index (χ0v) is 7.62. The van der Waals surface area contributed by atoms with E-state index >= 15 is 0 Å². The third-order valence-electron chi connectivity index (χ3n) is 1.84. The van der Waals surface area contributed by atoms with Crippen LogP contribution in [0, 0.1) is 0 Å². The van der Waals surface area contributed by atoms with Gasteiger partial charge in [0, 0.05) is 19.4 Å². The predicted octanol–water partition coefficient (Wildman–Crippen LogP) is -0.488. The van der Waals surface area contributed by atoms with E-state index < -0.39 is 0 Å². The summed E-state index contributed by atoms with van der Waals surface area (Å²) < 4.78 is 0. The van der Waals surface area contributed by atoms with E-state index in [0.29, 0.717) is 31.8 Å². The van der Waals surface area contributed by atoms with Crippen molar-refractivity contribution in [1.82, 2.24) is 4.90 Å². The van der Waals surface area contributed by atoms with E-state index in [-0.39, 0.29) is 11.8 Å². The first-order valence-corrected chi connectivity index (χ1v) is 4.21. The molecular weight excluding hydrogens is 170 g/mol. The zero-order valence-electron chi connectivity index (χ0n) is 7.62. The molecule has 1 fully saturated rings. The van der Waals surface area contributed by atoms with Gasteiger partial charge in [0.1, 0.15) is 0 Å². The SMILES string of the molecule is CC(N)=NCCN1C(=O)CCC1=O. The number of carbonyl (C=O) groups is 2. The number of hydrogen-bond acceptors (Lipinski definition) is 3. The third-order valence-corrected chi connectivity index (χ3v) is 1.84. The van der Waals surface area contributed by atoms with Crippen LogP contribution >= 0.6 is 0 Å². The Hall–Kier alpha value is -1.39. The quantitative estimate of drug-likeness (QED) is 0.364. The highest BCUT2D eigenvalue weighted by Gasteiger charge is 2.27. The van der Waals surface area contributed by atoms with Crippen LogP contribution in [0.2, 0.25) is 0 Å². The smallest absolute Gasteiger partial charge is 0.229 e. The molecule has 72 valence electrons. The van der Waals surface area contributed by atoms with E-state index in [4.69, 9.17) is 5.73 Å². The van der Waals surface area contributed by atoms with Crippen LogP contribution in [0.1, 0.15) is 19.8 Å². The van der Waals surface area contributed by atoms with E-state index in [2.05, 4.69) is 4.99 Å². The van der Waals surface area contributed by atoms with Gasteiger partial charge in [-0.1, -0.05) is 0 Å². The Kier molecular flexibility index (Phi) is 3.00. The average Bonchev–Trinajstić information content (AvgIpc) is 2.34. The number of nitrogens with zero attached hydrogens (tertiary/aromatic N) is 2. The second kappa shape index (κ2) is 4.02. The van der Waals surface area contributed by atoms with E-state index in [9.17, 15) is 9.59 Å². The first kappa shape index (κ1) is 9.70. The maximum atomic E-state index is 11.1. The normalized spacial score (nSPS) is 18.5. The van der Waals surface area contributed by atoms with Gasteiger partial charge in [0.25, 0.3) is 0 Å². The molecule has 5 heteroatoms. The highest BCUT2D eigenvalue weighted by Crippen LogP contribution is 2.10. The minimum atomic E-state index is -0.102. The van der Waals surface area contributed by atoms with Crippen LogP contribution in [0.5, 0.6) is 0 Å². The molecule has 0 aromatic rings. The summed E-state index contributed by atoms with van der Waals surface area (Å²) in [4.78, 5) is 27.3. The van der Waals surface area contributed by atoms with Crippen LogP contribution in [0.15, 0.2) is 4.99 Å². The molecule has 1 rings (SSSR count). The zero-order chi connectivity index (χ0) is 9.84. The van der Waals surface area contributed by atoms with Crippen molar-refractivity contribution in [2.24, 2.45) is 10.7 Å². The number of hydrogen-bond donors (Lipinski definition) is 1. The summed E-state index contributed by atoms with van der Waals surface area (Å²) in [6.45, 7) is 2.43. The second-order valence-corrected chi connectivity index (χ2v) is 2.96. The number of likely N-dealkylation sites (tertiary alicyclic amines) is 1. The summed E-state index contributed by atoms with van der Waals surface area (Å²) in [5, 5.41) is 0. The van der Waals surface area contributed by atoms with Crippen molar-refractivity contribution in [2.45, 2.75) is 19.8 Å². The molecule has 2 N–H and O–H groups in total. The van der Waals surface area contributed by atoms with Crippen molar-refractivity contribution in [1.29, 1.82) is 0 Å². The maximum absolute atomic E-state index is 11.1. The van der Waals surface area contributed by atoms with Crippen molar-refractivity contribution >= 4 is 17.6 Å². The van der Waals surface area contributed by atoms with Crippen LogP contribution in [0.25, 0.3) is 0 Å². The van der Waals surface area contributed by atoms with Gasteiger partial charge in [0.05, 0.1) is 12.4 Å². The molecule has 0 saturated carbocycles. The maximum Gasteiger partial charge on any atom is 0.229 e. The van der Waals surface area contributed by atoms with Crippen molar-refractivity contribution in [2.75, 3.05) is 13.1 Å². The Morgan fingerprint density at radius 1 is 1.46 bits per heavy atom. The largest absolute Gasteiger partial charge is 0.388 e. The lowest BCUT2D eigenvalue weighted by molar-refractivity contribution is -0.138. The van der Waals surface area contributed by atoms with Gasteiger partial charge in [0.2, 0.25) is 11.8 Å². The van der Waals surface area contributed by atoms with Gasteiger partial charge in [-0.25, -0.2) is 0 Å². The molecular formula is C8H13N3O2. The van der Waals surface area contributed by atoms with Gasteiger partial charge in [-0.2, -0.15) is 0 Å². The molecule has 2 amide bonds. The minimum Gasteiger partial charge on any atom is -0.388 e. The Balaban J connectivity index is 2.40. The van der Waals surface area contributed by atoms with E-state index in [0.717, 1.165) is 0 Å². The minimum absolute atomic E-state index is 0.102. The first-order valence-electron chi connectivity index (χ1n) is 4.21. The molecule has 1 aliphatic heterocycles. The first-order chi connectivity index (χ1) is 6.11. The summed E-state index contributed by atoms with van der Waals surface area (Å²) in [5.41, 5.74) is 5.31. The molecule has 0 unspecified atom stereocenters. The number of rotatable bonds is 3. The van der Waals surface area contributed by atoms with Crippen molar-refractivity contribution < 1.29 is 9.59 Å². The van der Waals surface area contributed by atoms with E-state index in [1.165, 1.54) is 4.90 Å². The summed E-state index contributed by atoms with van der Waals surface area (Å²) in [7, 11) is 0. The molecule has 0 radical (unpaired) electrons. The highest BCUT2D eigenvalue weighted by atomic mass is 16.2. The Bertz CT molecular complexity index is 240. The molecule has 0 aromatic heterocycles. The van der Waals surface area contributed by atoms with Crippen LogP contribution in [0.4, 0.5) is 0 Å². The number of imide groups is 1. The van der Waals surface area contributed by atoms with Gasteiger partial charge in [-0.3, -0.25) is 19.5 Å². The molecule has 1 saturated heterocycles. The van der Waals surface area contributed by atoms with Crippen LogP contribution in [-0.2, 0) is 9.59 Å². The highest BCUT2D eigenvalue weighted by molar-refractivity contribution is 6.01. The number of nitrogens with two attached hydrogens (primary N) is 1. The molecule has 0 bridgehead atoms. The van der Waals surface area contributed by atoms with Crippen molar-refractivity contribution in [3.05, 3.63) is 0 Å². The molecule has 0 aromatic carbocycles. The summed E-state index contributed by atoms with van der Waals surface area (Å²) >= 11 is 0. The van der Waals surface area contributed by atoms with E-state index in [1.54, 1.807) is 6.92 Å². The molecule has 1 aliphatic rings. The predicted molar refractivity (Wildman–Crippen MR) is 48.1 cm³/mol. The molecule has 5 nitrogen and oxygen atoms in total. The van der Waals surface area contributed by atoms with Crippen LogP contribution < -0.4 is 5.73 Å². The number of amides is 2. The summed E-state index contributed by atoms with van der Waals surface area (Å²) in [6, 6.07) is 0. The van der Waals surface area contributed by atoms with Gasteiger partial charge in [-0.05, 0) is 6.92 Å². The lowest BCUT2D eigenvalue weighted by Gasteiger charge is -2.11. The summed E-state index contributed by atoms with van der Waals surface area (Å²) in [6.07, 6.45) is 0.675. The van der Waals surface area contributed by atoms with Gasteiger partial charge in [-0.15, -0.1) is 0 Å². The Morgan fingerprint density at radius 2 is 2.00 bits per heavy atom. The summed E-state index contributed by atoms with van der Waals surface area (Å²) in [5.74, 6) is 0.267. The molecule has 0 aliphatic carbocycles. The van der Waals surface area contributed by atoms with Crippen LogP contribution in [-0.4, -0.2) is 35.6 Å². The molecule has 1 heterocycles. The topological polar surface area (TPSA) is 75.8 Å². The monoisotopic (exact) mass is 183 g/mol. The van der Waals surface area contributed by atoms with E-state index in [1.807, 2.05) is 0 Å². The Labute approximate surface area is 76.6 Å². The lowest BCUT2D eigenvalue weighted by atomic mass is 10.4. The van der Waals surface area contributed by atoms with Crippen molar-refractivity contribution in [3.8, 4) is 0 Å². The fraction of sp³-hybridized carbons (Fsp3) is 0.625. The average molecular weight is 183 g/mol. The molecule has 0 spiro atoms. The lowest BCUT2D eigenvalue weighted by Crippen LogP contribution is -2.31. The van der Waals surface area contributed by atoms with Gasteiger partial charge < -0.3 is 5.73 Å². The number of carbonyl (C=O) groups excluding carboxylic acids is 2. The fourth-order valence-corrected chi connectivity index (χ4v) is 1.20. The van der Waals surface area contributed by atoms with Gasteiger partial charge >= 0.3 is 0 Å². The molecule has 0 atom stereocenters. The standard InChI is InChI=1S/C8H13N3O2/c1-6(9)10-4-5-11-7(12)2-3-8(11)13/h2-5H2,1H3,(H2,9,10). The Morgan fingerprint density at radius 3 is 2.46 bits per heavy atom. The number of aliphatic imine (C=N–C) groups is 1.